The second-order valence-corrected chi connectivity index (χ2v) is 14.1. The monoisotopic (exact) mass is 542 g/mol. The molecule has 0 unspecified atom stereocenters. The van der Waals surface area contributed by atoms with E-state index in [0.29, 0.717) is 38.2 Å². The summed E-state index contributed by atoms with van der Waals surface area (Å²) in [6.07, 6.45) is 8.81. The molecule has 0 spiro atoms. The van der Waals surface area contributed by atoms with Gasteiger partial charge in [0.05, 0.1) is 6.10 Å². The minimum Gasteiger partial charge on any atom is -0.507 e. The van der Waals surface area contributed by atoms with Gasteiger partial charge >= 0.3 is 0 Å². The molecule has 1 aromatic rings. The number of carbonyl (C=O) groups excluding carboxylic acids is 2. The Kier molecular flexibility index (Phi) is 10.2. The highest BCUT2D eigenvalue weighted by Gasteiger charge is 2.42. The predicted octanol–water partition coefficient (Wildman–Crippen LogP) is 6.55. The summed E-state index contributed by atoms with van der Waals surface area (Å²) in [7, 11) is 0. The molecule has 6 heteroatoms. The first-order valence-corrected chi connectivity index (χ1v) is 15.3. The second kappa shape index (κ2) is 12.6. The fourth-order valence-corrected chi connectivity index (χ4v) is 6.00. The highest BCUT2D eigenvalue weighted by molar-refractivity contribution is 5.91. The van der Waals surface area contributed by atoms with Crippen LogP contribution in [-0.2, 0) is 31.6 Å². The summed E-state index contributed by atoms with van der Waals surface area (Å²) in [5.41, 5.74) is 1.46. The standard InChI is InChI=1S/C33H54N2O4/c1-9-33(8,30(38)34-24-14-11-10-12-15-24)35(22-25-16-13-19-39-25)28(36)18-17-23-20-26(31(2,3)4)29(37)27(21-23)32(5,6)7/h20-21,24-25,37H,9-19,22H2,1-8H3,(H,34,38)/t25-,33-/m1/s1. The van der Waals surface area contributed by atoms with Gasteiger partial charge < -0.3 is 20.1 Å². The lowest BCUT2D eigenvalue weighted by Gasteiger charge is -2.42. The smallest absolute Gasteiger partial charge is 0.245 e. The van der Waals surface area contributed by atoms with Crippen LogP contribution in [0.2, 0.25) is 0 Å². The van der Waals surface area contributed by atoms with E-state index in [2.05, 4.69) is 59.0 Å². The number of amides is 2. The molecule has 2 amide bonds. The number of phenols is 1. The number of ether oxygens (including phenoxy) is 1. The Bertz CT molecular complexity index is 959. The molecule has 220 valence electrons. The maximum Gasteiger partial charge on any atom is 0.245 e. The molecule has 2 fully saturated rings. The minimum absolute atomic E-state index is 0.0173. The van der Waals surface area contributed by atoms with Gasteiger partial charge in [-0.05, 0) is 73.0 Å². The quantitative estimate of drug-likeness (QED) is 0.371. The third-order valence-electron chi connectivity index (χ3n) is 8.84. The Morgan fingerprint density at radius 1 is 0.949 bits per heavy atom. The molecule has 1 aliphatic heterocycles. The zero-order chi connectivity index (χ0) is 29.0. The number of carbonyl (C=O) groups is 2. The van der Waals surface area contributed by atoms with Crippen molar-refractivity contribution in [3.63, 3.8) is 0 Å². The highest BCUT2D eigenvalue weighted by atomic mass is 16.5. The van der Waals surface area contributed by atoms with Gasteiger partial charge in [0.2, 0.25) is 11.8 Å². The molecule has 2 N–H and O–H groups in total. The van der Waals surface area contributed by atoms with Crippen molar-refractivity contribution < 1.29 is 19.4 Å². The Labute approximate surface area is 237 Å². The Morgan fingerprint density at radius 3 is 2.03 bits per heavy atom. The summed E-state index contributed by atoms with van der Waals surface area (Å²) in [5, 5.41) is 14.4. The van der Waals surface area contributed by atoms with E-state index in [4.69, 9.17) is 4.74 Å². The summed E-state index contributed by atoms with van der Waals surface area (Å²) in [4.78, 5) is 29.5. The molecular formula is C33H54N2O4. The van der Waals surface area contributed by atoms with Crippen molar-refractivity contribution in [2.45, 2.75) is 148 Å². The summed E-state index contributed by atoms with van der Waals surface area (Å²) < 4.78 is 5.93. The number of phenolic OH excluding ortho intramolecular Hbond substituents is 1. The molecular weight excluding hydrogens is 488 g/mol. The van der Waals surface area contributed by atoms with Crippen molar-refractivity contribution in [3.05, 3.63) is 28.8 Å². The first kappa shape index (κ1) is 31.4. The number of aromatic hydroxyl groups is 1. The van der Waals surface area contributed by atoms with Crippen LogP contribution in [0.1, 0.15) is 130 Å². The fraction of sp³-hybridized carbons (Fsp3) is 0.758. The maximum absolute atomic E-state index is 14.0. The normalized spacial score (nSPS) is 20.5. The third-order valence-corrected chi connectivity index (χ3v) is 8.84. The average Bonchev–Trinajstić information content (AvgIpc) is 3.38. The number of nitrogens with zero attached hydrogens (tertiary/aromatic N) is 1. The van der Waals surface area contributed by atoms with E-state index >= 15 is 0 Å². The molecule has 2 aliphatic rings. The molecule has 1 saturated heterocycles. The van der Waals surface area contributed by atoms with E-state index in [1.54, 1.807) is 0 Å². The second-order valence-electron chi connectivity index (χ2n) is 14.1. The van der Waals surface area contributed by atoms with E-state index in [1.165, 1.54) is 6.42 Å². The van der Waals surface area contributed by atoms with E-state index < -0.39 is 5.54 Å². The largest absolute Gasteiger partial charge is 0.507 e. The average molecular weight is 543 g/mol. The number of rotatable bonds is 9. The number of hydrogen-bond donors (Lipinski definition) is 2. The number of hydrogen-bond acceptors (Lipinski definition) is 4. The van der Waals surface area contributed by atoms with Gasteiger partial charge in [0.25, 0.3) is 0 Å². The van der Waals surface area contributed by atoms with Crippen LogP contribution in [0, 0.1) is 0 Å². The fourth-order valence-electron chi connectivity index (χ4n) is 6.00. The van der Waals surface area contributed by atoms with Crippen molar-refractivity contribution in [1.82, 2.24) is 10.2 Å². The van der Waals surface area contributed by atoms with Gasteiger partial charge in [-0.2, -0.15) is 0 Å². The zero-order valence-corrected chi connectivity index (χ0v) is 25.9. The van der Waals surface area contributed by atoms with Crippen LogP contribution < -0.4 is 5.32 Å². The lowest BCUT2D eigenvalue weighted by molar-refractivity contribution is -0.149. The lowest BCUT2D eigenvalue weighted by Crippen LogP contribution is -2.61. The van der Waals surface area contributed by atoms with Crippen LogP contribution in [0.4, 0.5) is 0 Å². The first-order chi connectivity index (χ1) is 18.2. The van der Waals surface area contributed by atoms with E-state index in [1.807, 2.05) is 18.7 Å². The van der Waals surface area contributed by atoms with Gasteiger partial charge in [0, 0.05) is 25.6 Å². The summed E-state index contributed by atoms with van der Waals surface area (Å²) in [6, 6.07) is 4.30. The lowest BCUT2D eigenvalue weighted by atomic mass is 9.78. The molecule has 39 heavy (non-hydrogen) atoms. The van der Waals surface area contributed by atoms with Crippen LogP contribution in [-0.4, -0.2) is 52.7 Å². The maximum atomic E-state index is 14.0. The van der Waals surface area contributed by atoms with Crippen LogP contribution in [0.3, 0.4) is 0 Å². The van der Waals surface area contributed by atoms with Gasteiger partial charge in [-0.1, -0.05) is 79.9 Å². The zero-order valence-electron chi connectivity index (χ0n) is 25.9. The molecule has 0 aromatic heterocycles. The molecule has 0 radical (unpaired) electrons. The van der Waals surface area contributed by atoms with E-state index in [0.717, 1.165) is 55.2 Å². The molecule has 2 atom stereocenters. The van der Waals surface area contributed by atoms with Crippen LogP contribution in [0.15, 0.2) is 12.1 Å². The van der Waals surface area contributed by atoms with Crippen LogP contribution in [0.25, 0.3) is 0 Å². The number of aryl methyl sites for hydroxylation is 1. The SMILES string of the molecule is CC[C@](C)(C(=O)NC1CCCCC1)N(C[C@H]1CCCO1)C(=O)CCc1cc(C(C)(C)C)c(O)c(C(C)(C)C)c1. The first-order valence-electron chi connectivity index (χ1n) is 15.3. The van der Waals surface area contributed by atoms with E-state index in [-0.39, 0.29) is 34.8 Å². The van der Waals surface area contributed by atoms with Gasteiger partial charge in [-0.3, -0.25) is 9.59 Å². The molecule has 3 rings (SSSR count). The predicted molar refractivity (Wildman–Crippen MR) is 158 cm³/mol. The topological polar surface area (TPSA) is 78.9 Å². The van der Waals surface area contributed by atoms with Crippen molar-refractivity contribution in [1.29, 1.82) is 0 Å². The van der Waals surface area contributed by atoms with E-state index in [9.17, 15) is 14.7 Å². The minimum atomic E-state index is -0.928. The summed E-state index contributed by atoms with van der Waals surface area (Å²) in [6.45, 7) is 17.7. The van der Waals surface area contributed by atoms with Crippen molar-refractivity contribution in [3.8, 4) is 5.75 Å². The number of nitrogens with one attached hydrogen (secondary N) is 1. The van der Waals surface area contributed by atoms with Gasteiger partial charge in [0.15, 0.2) is 0 Å². The Morgan fingerprint density at radius 2 is 1.54 bits per heavy atom. The molecule has 6 nitrogen and oxygen atoms in total. The highest BCUT2D eigenvalue weighted by Crippen LogP contribution is 2.40. The molecule has 1 aromatic carbocycles. The van der Waals surface area contributed by atoms with Crippen molar-refractivity contribution in [2.75, 3.05) is 13.2 Å². The van der Waals surface area contributed by atoms with Crippen LogP contribution >= 0.6 is 0 Å². The van der Waals surface area contributed by atoms with Crippen LogP contribution in [0.5, 0.6) is 5.75 Å². The molecule has 1 heterocycles. The third kappa shape index (κ3) is 7.77. The van der Waals surface area contributed by atoms with Crippen molar-refractivity contribution >= 4 is 11.8 Å². The molecule has 1 saturated carbocycles. The number of benzene rings is 1. The molecule has 1 aliphatic carbocycles. The summed E-state index contributed by atoms with van der Waals surface area (Å²) in [5.74, 6) is 0.289. The molecule has 0 bridgehead atoms. The van der Waals surface area contributed by atoms with Gasteiger partial charge in [-0.25, -0.2) is 0 Å². The summed E-state index contributed by atoms with van der Waals surface area (Å²) >= 11 is 0. The van der Waals surface area contributed by atoms with Crippen molar-refractivity contribution in [2.24, 2.45) is 0 Å². The Balaban J connectivity index is 1.86. The van der Waals surface area contributed by atoms with Gasteiger partial charge in [-0.15, -0.1) is 0 Å². The van der Waals surface area contributed by atoms with Gasteiger partial charge in [0.1, 0.15) is 11.3 Å². The Hall–Kier alpha value is -2.08.